The minimum atomic E-state index is -1.13. The number of esters is 1. The van der Waals surface area contributed by atoms with Gasteiger partial charge in [0.05, 0.1) is 44.1 Å². The zero-order valence-corrected chi connectivity index (χ0v) is 19.9. The van der Waals surface area contributed by atoms with Crippen LogP contribution in [0.4, 0.5) is 11.4 Å². The predicted octanol–water partition coefficient (Wildman–Crippen LogP) is 1.72. The fourth-order valence-corrected chi connectivity index (χ4v) is 5.12. The molecule has 13 heteroatoms. The van der Waals surface area contributed by atoms with Crippen LogP contribution in [0.15, 0.2) is 58.9 Å². The SMILES string of the molecule is CCOC(=O)C1=C(N)n2c(s/c(=C\c3cccc([N+](=O)[O-])c3)c2=O)=C(C#N)C1c1cccc([N+](=O)[O-])c1. The summed E-state index contributed by atoms with van der Waals surface area (Å²) in [4.78, 5) is 47.7. The van der Waals surface area contributed by atoms with Crippen molar-refractivity contribution in [3.8, 4) is 6.07 Å². The van der Waals surface area contributed by atoms with Crippen LogP contribution in [0.3, 0.4) is 0 Å². The van der Waals surface area contributed by atoms with E-state index in [2.05, 4.69) is 0 Å². The predicted molar refractivity (Wildman–Crippen MR) is 133 cm³/mol. The monoisotopic (exact) mass is 519 g/mol. The first-order chi connectivity index (χ1) is 17.7. The molecule has 4 rings (SSSR count). The number of hydrogen-bond acceptors (Lipinski definition) is 10. The summed E-state index contributed by atoms with van der Waals surface area (Å²) in [6, 6.07) is 13.1. The van der Waals surface area contributed by atoms with Gasteiger partial charge in [-0.2, -0.15) is 5.26 Å². The molecule has 2 heterocycles. The third-order valence-electron chi connectivity index (χ3n) is 5.56. The van der Waals surface area contributed by atoms with Crippen LogP contribution in [-0.2, 0) is 9.53 Å². The van der Waals surface area contributed by atoms with Gasteiger partial charge in [-0.15, -0.1) is 11.3 Å². The van der Waals surface area contributed by atoms with E-state index in [-0.39, 0.29) is 49.7 Å². The van der Waals surface area contributed by atoms with Crippen LogP contribution in [-0.4, -0.2) is 27.0 Å². The Morgan fingerprint density at radius 2 is 1.84 bits per heavy atom. The summed E-state index contributed by atoms with van der Waals surface area (Å²) in [5.41, 5.74) is 5.63. The second-order valence-electron chi connectivity index (χ2n) is 7.74. The third kappa shape index (κ3) is 4.48. The van der Waals surface area contributed by atoms with Gasteiger partial charge < -0.3 is 10.5 Å². The van der Waals surface area contributed by atoms with Crippen molar-refractivity contribution < 1.29 is 19.4 Å². The fourth-order valence-electron chi connectivity index (χ4n) is 3.99. The molecule has 1 aliphatic rings. The van der Waals surface area contributed by atoms with Crippen LogP contribution in [0, 0.1) is 31.6 Å². The van der Waals surface area contributed by atoms with Crippen molar-refractivity contribution in [2.75, 3.05) is 6.61 Å². The molecule has 12 nitrogen and oxygen atoms in total. The van der Waals surface area contributed by atoms with Gasteiger partial charge in [-0.3, -0.25) is 29.6 Å². The average Bonchev–Trinajstić information content (AvgIpc) is 3.20. The second kappa shape index (κ2) is 9.88. The molecule has 1 aliphatic heterocycles. The summed E-state index contributed by atoms with van der Waals surface area (Å²) in [5, 5.41) is 32.6. The minimum absolute atomic E-state index is 0.0175. The number of nitro benzene ring substituents is 2. The Kier molecular flexibility index (Phi) is 6.68. The van der Waals surface area contributed by atoms with Crippen LogP contribution >= 0.6 is 11.3 Å². The van der Waals surface area contributed by atoms with E-state index in [0.29, 0.717) is 5.56 Å². The van der Waals surface area contributed by atoms with Crippen molar-refractivity contribution in [3.63, 3.8) is 0 Å². The molecule has 2 aromatic carbocycles. The van der Waals surface area contributed by atoms with Crippen LogP contribution in [0.2, 0.25) is 0 Å². The number of carbonyl (C=O) groups is 1. The van der Waals surface area contributed by atoms with E-state index >= 15 is 0 Å². The Morgan fingerprint density at radius 3 is 2.46 bits per heavy atom. The fraction of sp³-hybridized carbons (Fsp3) is 0.125. The molecule has 37 heavy (non-hydrogen) atoms. The Hall–Kier alpha value is -5.09. The highest BCUT2D eigenvalue weighted by Crippen LogP contribution is 2.37. The molecule has 0 amide bonds. The van der Waals surface area contributed by atoms with Gasteiger partial charge in [-0.1, -0.05) is 24.3 Å². The van der Waals surface area contributed by atoms with Crippen LogP contribution in [0.25, 0.3) is 17.5 Å². The van der Waals surface area contributed by atoms with E-state index in [1.165, 1.54) is 48.5 Å². The van der Waals surface area contributed by atoms with Gasteiger partial charge in [-0.05, 0) is 24.1 Å². The maximum absolute atomic E-state index is 13.4. The molecule has 2 N–H and O–H groups in total. The number of nitrogens with zero attached hydrogens (tertiary/aromatic N) is 4. The average molecular weight is 519 g/mol. The van der Waals surface area contributed by atoms with Gasteiger partial charge in [0.1, 0.15) is 10.5 Å². The maximum Gasteiger partial charge on any atom is 0.338 e. The number of nitriles is 1. The molecule has 0 aliphatic carbocycles. The Morgan fingerprint density at radius 1 is 1.19 bits per heavy atom. The number of carbonyl (C=O) groups excluding carboxylic acids is 1. The summed E-state index contributed by atoms with van der Waals surface area (Å²) in [5.74, 6) is -2.28. The zero-order chi connectivity index (χ0) is 26.9. The third-order valence-corrected chi connectivity index (χ3v) is 6.67. The highest BCUT2D eigenvalue weighted by atomic mass is 32.1. The molecule has 0 spiro atoms. The van der Waals surface area contributed by atoms with Gasteiger partial charge >= 0.3 is 5.97 Å². The maximum atomic E-state index is 13.4. The van der Waals surface area contributed by atoms with E-state index in [0.717, 1.165) is 15.9 Å². The van der Waals surface area contributed by atoms with Gasteiger partial charge in [0, 0.05) is 24.3 Å². The van der Waals surface area contributed by atoms with Crippen LogP contribution in [0.1, 0.15) is 24.0 Å². The molecule has 1 unspecified atom stereocenters. The summed E-state index contributed by atoms with van der Waals surface area (Å²) in [7, 11) is 0. The number of non-ortho nitro benzene ring substituents is 2. The molecule has 0 saturated heterocycles. The quantitative estimate of drug-likeness (QED) is 0.288. The number of fused-ring (bicyclic) bond motifs is 1. The molecular formula is C24H17N5O7S. The first-order valence-corrected chi connectivity index (χ1v) is 11.5. The number of aromatic nitrogens is 1. The molecule has 186 valence electrons. The standard InChI is InChI=1S/C24H17N5O7S/c1-2-36-24(31)20-19(14-6-4-8-16(11-14)29(34)35)17(12-25)23-27(21(20)26)22(30)18(37-23)10-13-5-3-7-15(9-13)28(32)33/h3-11,19H,2,26H2,1H3/b18-10-. The summed E-state index contributed by atoms with van der Waals surface area (Å²) in [6.45, 7) is 1.55. The Balaban J connectivity index is 2.05. The highest BCUT2D eigenvalue weighted by molar-refractivity contribution is 7.07. The van der Waals surface area contributed by atoms with Gasteiger partial charge in [0.15, 0.2) is 0 Å². The van der Waals surface area contributed by atoms with E-state index in [4.69, 9.17) is 10.5 Å². The smallest absolute Gasteiger partial charge is 0.338 e. The zero-order valence-electron chi connectivity index (χ0n) is 19.1. The lowest BCUT2D eigenvalue weighted by molar-refractivity contribution is -0.385. The lowest BCUT2D eigenvalue weighted by atomic mass is 9.83. The number of hydrogen-bond donors (Lipinski definition) is 1. The molecular weight excluding hydrogens is 502 g/mol. The van der Waals surface area contributed by atoms with Crippen molar-refractivity contribution >= 4 is 46.2 Å². The number of benzene rings is 2. The molecule has 1 atom stereocenters. The molecule has 0 saturated carbocycles. The highest BCUT2D eigenvalue weighted by Gasteiger charge is 2.37. The lowest BCUT2D eigenvalue weighted by Gasteiger charge is -2.24. The number of nitrogens with two attached hydrogens (primary N) is 1. The first kappa shape index (κ1) is 25.0. The van der Waals surface area contributed by atoms with Crippen molar-refractivity contribution in [2.24, 2.45) is 5.73 Å². The summed E-state index contributed by atoms with van der Waals surface area (Å²) < 4.78 is 6.41. The summed E-state index contributed by atoms with van der Waals surface area (Å²) >= 11 is 0.909. The van der Waals surface area contributed by atoms with E-state index in [1.54, 1.807) is 13.0 Å². The normalized spacial score (nSPS) is 15.2. The van der Waals surface area contributed by atoms with E-state index in [1.807, 2.05) is 6.07 Å². The van der Waals surface area contributed by atoms with E-state index < -0.39 is 27.3 Å². The molecule has 0 fully saturated rings. The number of thiazole rings is 1. The second-order valence-corrected chi connectivity index (χ2v) is 8.77. The van der Waals surface area contributed by atoms with Crippen molar-refractivity contribution in [2.45, 2.75) is 12.8 Å². The molecule has 0 radical (unpaired) electrons. The lowest BCUT2D eigenvalue weighted by Crippen LogP contribution is -2.40. The molecule has 3 aromatic rings. The van der Waals surface area contributed by atoms with Crippen molar-refractivity contribution in [1.82, 2.24) is 4.57 Å². The molecule has 0 bridgehead atoms. The van der Waals surface area contributed by atoms with E-state index in [9.17, 15) is 35.1 Å². The molecule has 1 aromatic heterocycles. The largest absolute Gasteiger partial charge is 0.463 e. The summed E-state index contributed by atoms with van der Waals surface area (Å²) in [6.07, 6.45) is 1.42. The van der Waals surface area contributed by atoms with Crippen LogP contribution < -0.4 is 20.5 Å². The van der Waals surface area contributed by atoms with Crippen LogP contribution in [0.5, 0.6) is 0 Å². The number of ether oxygens (including phenoxy) is 1. The Bertz CT molecular complexity index is 1730. The Labute approximate surface area is 211 Å². The van der Waals surface area contributed by atoms with Gasteiger partial charge in [0.2, 0.25) is 0 Å². The van der Waals surface area contributed by atoms with Gasteiger partial charge in [-0.25, -0.2) is 4.79 Å². The minimum Gasteiger partial charge on any atom is -0.463 e. The topological polar surface area (TPSA) is 184 Å². The van der Waals surface area contributed by atoms with Crippen molar-refractivity contribution in [1.29, 1.82) is 5.26 Å². The number of rotatable bonds is 6. The number of nitro groups is 2. The van der Waals surface area contributed by atoms with Crippen molar-refractivity contribution in [3.05, 3.63) is 105 Å². The van der Waals surface area contributed by atoms with Gasteiger partial charge in [0.25, 0.3) is 16.9 Å². The first-order valence-electron chi connectivity index (χ1n) is 10.7.